The summed E-state index contributed by atoms with van der Waals surface area (Å²) < 4.78 is 22.4. The summed E-state index contributed by atoms with van der Waals surface area (Å²) in [4.78, 5) is 24.3. The molecular weight excluding hydrogens is 268 g/mol. The Balaban J connectivity index is 2.51. The van der Waals surface area contributed by atoms with Gasteiger partial charge in [0.25, 0.3) is 0 Å². The van der Waals surface area contributed by atoms with Gasteiger partial charge in [-0.05, 0) is 6.92 Å². The Labute approximate surface area is 105 Å². The molecule has 0 aromatic heterocycles. The first-order valence-electron chi connectivity index (χ1n) is 5.20. The lowest BCUT2D eigenvalue weighted by molar-refractivity contribution is -0.135. The van der Waals surface area contributed by atoms with E-state index in [-0.39, 0.29) is 36.4 Å². The SMILES string of the molecule is CC(NC(=O)CCl)C(=O)N1CCS(=O)(=O)CC1. The predicted octanol–water partition coefficient (Wildman–Crippen LogP) is -1.01. The molecule has 98 valence electrons. The second-order valence-electron chi connectivity index (χ2n) is 3.90. The molecule has 0 radical (unpaired) electrons. The summed E-state index contributed by atoms with van der Waals surface area (Å²) in [5, 5.41) is 2.44. The molecule has 2 amide bonds. The van der Waals surface area contributed by atoms with E-state index >= 15 is 0 Å². The highest BCUT2D eigenvalue weighted by molar-refractivity contribution is 7.91. The van der Waals surface area contributed by atoms with E-state index < -0.39 is 21.8 Å². The Kier molecular flexibility index (Phi) is 4.76. The Morgan fingerprint density at radius 3 is 2.35 bits per heavy atom. The van der Waals surface area contributed by atoms with Gasteiger partial charge in [-0.3, -0.25) is 9.59 Å². The van der Waals surface area contributed by atoms with E-state index in [0.717, 1.165) is 0 Å². The van der Waals surface area contributed by atoms with Gasteiger partial charge in [-0.15, -0.1) is 11.6 Å². The van der Waals surface area contributed by atoms with Crippen LogP contribution in [0, 0.1) is 0 Å². The molecule has 1 rings (SSSR count). The van der Waals surface area contributed by atoms with Crippen molar-refractivity contribution in [1.29, 1.82) is 0 Å². The van der Waals surface area contributed by atoms with Crippen LogP contribution in [-0.2, 0) is 19.4 Å². The lowest BCUT2D eigenvalue weighted by Crippen LogP contribution is -2.51. The number of nitrogens with one attached hydrogen (secondary N) is 1. The third kappa shape index (κ3) is 4.16. The molecule has 1 aliphatic rings. The standard InChI is InChI=1S/C9H15ClN2O4S/c1-7(11-8(13)6-10)9(14)12-2-4-17(15,16)5-3-12/h7H,2-6H2,1H3,(H,11,13). The van der Waals surface area contributed by atoms with E-state index in [0.29, 0.717) is 0 Å². The van der Waals surface area contributed by atoms with Crippen LogP contribution in [-0.4, -0.2) is 61.6 Å². The molecule has 17 heavy (non-hydrogen) atoms. The maximum absolute atomic E-state index is 11.8. The zero-order chi connectivity index (χ0) is 13.1. The van der Waals surface area contributed by atoms with Gasteiger partial charge in [-0.1, -0.05) is 0 Å². The van der Waals surface area contributed by atoms with Gasteiger partial charge in [0.05, 0.1) is 11.5 Å². The van der Waals surface area contributed by atoms with Crippen molar-refractivity contribution in [3.8, 4) is 0 Å². The smallest absolute Gasteiger partial charge is 0.244 e. The molecule has 8 heteroatoms. The van der Waals surface area contributed by atoms with Gasteiger partial charge in [-0.25, -0.2) is 8.42 Å². The Hall–Kier alpha value is -0.820. The molecule has 1 atom stereocenters. The summed E-state index contributed by atoms with van der Waals surface area (Å²) in [6, 6.07) is -0.679. The van der Waals surface area contributed by atoms with Crippen LogP contribution < -0.4 is 5.32 Å². The normalized spacial score (nSPS) is 20.7. The van der Waals surface area contributed by atoms with Crippen LogP contribution in [0.25, 0.3) is 0 Å². The maximum Gasteiger partial charge on any atom is 0.244 e. The highest BCUT2D eigenvalue weighted by Crippen LogP contribution is 2.05. The fourth-order valence-corrected chi connectivity index (χ4v) is 2.83. The molecule has 0 bridgehead atoms. The second kappa shape index (κ2) is 5.68. The van der Waals surface area contributed by atoms with Crippen LogP contribution in [0.3, 0.4) is 0 Å². The highest BCUT2D eigenvalue weighted by atomic mass is 35.5. The van der Waals surface area contributed by atoms with Gasteiger partial charge in [-0.2, -0.15) is 0 Å². The Morgan fingerprint density at radius 1 is 1.35 bits per heavy atom. The van der Waals surface area contributed by atoms with E-state index in [2.05, 4.69) is 5.32 Å². The number of hydrogen-bond donors (Lipinski definition) is 1. The van der Waals surface area contributed by atoms with Crippen LogP contribution in [0.4, 0.5) is 0 Å². The minimum atomic E-state index is -3.00. The van der Waals surface area contributed by atoms with Crippen LogP contribution in [0.15, 0.2) is 0 Å². The van der Waals surface area contributed by atoms with Crippen molar-refractivity contribution < 1.29 is 18.0 Å². The second-order valence-corrected chi connectivity index (χ2v) is 6.47. The number of alkyl halides is 1. The first-order chi connectivity index (χ1) is 7.85. The number of halogens is 1. The van der Waals surface area contributed by atoms with E-state index in [9.17, 15) is 18.0 Å². The highest BCUT2D eigenvalue weighted by Gasteiger charge is 2.28. The molecule has 1 N–H and O–H groups in total. The molecule has 0 aliphatic carbocycles. The molecule has 1 aliphatic heterocycles. The number of rotatable bonds is 3. The maximum atomic E-state index is 11.8. The van der Waals surface area contributed by atoms with Crippen molar-refractivity contribution in [3.05, 3.63) is 0 Å². The summed E-state index contributed by atoms with van der Waals surface area (Å²) in [6.45, 7) is 1.92. The molecule has 0 saturated carbocycles. The van der Waals surface area contributed by atoms with Crippen LogP contribution in [0.5, 0.6) is 0 Å². The van der Waals surface area contributed by atoms with Gasteiger partial charge < -0.3 is 10.2 Å². The molecule has 0 spiro atoms. The Morgan fingerprint density at radius 2 is 1.88 bits per heavy atom. The predicted molar refractivity (Wildman–Crippen MR) is 63.6 cm³/mol. The monoisotopic (exact) mass is 282 g/mol. The van der Waals surface area contributed by atoms with Gasteiger partial charge in [0.2, 0.25) is 11.8 Å². The first-order valence-corrected chi connectivity index (χ1v) is 7.56. The molecule has 1 saturated heterocycles. The fourth-order valence-electron chi connectivity index (χ4n) is 1.55. The number of carbonyl (C=O) groups is 2. The van der Waals surface area contributed by atoms with Gasteiger partial charge in [0.1, 0.15) is 11.9 Å². The van der Waals surface area contributed by atoms with Gasteiger partial charge in [0.15, 0.2) is 9.84 Å². The average molecular weight is 283 g/mol. The lowest BCUT2D eigenvalue weighted by Gasteiger charge is -2.29. The van der Waals surface area contributed by atoms with Crippen molar-refractivity contribution in [3.63, 3.8) is 0 Å². The van der Waals surface area contributed by atoms with E-state index in [1.54, 1.807) is 6.92 Å². The van der Waals surface area contributed by atoms with Crippen LogP contribution in [0.2, 0.25) is 0 Å². The summed E-state index contributed by atoms with van der Waals surface area (Å²) in [7, 11) is -3.00. The zero-order valence-electron chi connectivity index (χ0n) is 9.48. The molecule has 0 aromatic carbocycles. The van der Waals surface area contributed by atoms with Gasteiger partial charge in [0, 0.05) is 13.1 Å². The largest absolute Gasteiger partial charge is 0.344 e. The minimum Gasteiger partial charge on any atom is -0.344 e. The van der Waals surface area contributed by atoms with Crippen molar-refractivity contribution in [2.45, 2.75) is 13.0 Å². The number of amides is 2. The fraction of sp³-hybridized carbons (Fsp3) is 0.778. The van der Waals surface area contributed by atoms with E-state index in [1.807, 2.05) is 0 Å². The van der Waals surface area contributed by atoms with E-state index in [4.69, 9.17) is 11.6 Å². The summed E-state index contributed by atoms with van der Waals surface area (Å²) in [5.74, 6) is -0.939. The zero-order valence-corrected chi connectivity index (χ0v) is 11.1. The van der Waals surface area contributed by atoms with Crippen LogP contribution >= 0.6 is 11.6 Å². The molecule has 6 nitrogen and oxygen atoms in total. The summed E-state index contributed by atoms with van der Waals surface area (Å²) in [6.07, 6.45) is 0. The Bertz CT molecular complexity index is 395. The first kappa shape index (κ1) is 14.2. The number of nitrogens with zero attached hydrogens (tertiary/aromatic N) is 1. The number of hydrogen-bond acceptors (Lipinski definition) is 4. The number of carbonyl (C=O) groups excluding carboxylic acids is 2. The van der Waals surface area contributed by atoms with Crippen molar-refractivity contribution in [1.82, 2.24) is 10.2 Å². The molecule has 1 unspecified atom stereocenters. The summed E-state index contributed by atoms with van der Waals surface area (Å²) in [5.41, 5.74) is 0. The topological polar surface area (TPSA) is 83.6 Å². The van der Waals surface area contributed by atoms with Crippen molar-refractivity contribution in [2.24, 2.45) is 0 Å². The molecule has 0 aromatic rings. The number of sulfone groups is 1. The molecule has 1 heterocycles. The van der Waals surface area contributed by atoms with Crippen LogP contribution in [0.1, 0.15) is 6.92 Å². The summed E-state index contributed by atoms with van der Waals surface area (Å²) >= 11 is 5.31. The van der Waals surface area contributed by atoms with Crippen molar-refractivity contribution >= 4 is 33.3 Å². The third-order valence-electron chi connectivity index (χ3n) is 2.53. The van der Waals surface area contributed by atoms with Gasteiger partial charge >= 0.3 is 0 Å². The molecular formula is C9H15ClN2O4S. The quantitative estimate of drug-likeness (QED) is 0.672. The lowest BCUT2D eigenvalue weighted by atomic mass is 10.2. The van der Waals surface area contributed by atoms with E-state index in [1.165, 1.54) is 4.90 Å². The van der Waals surface area contributed by atoms with Crippen molar-refractivity contribution in [2.75, 3.05) is 30.5 Å². The minimum absolute atomic E-state index is 0.0189. The third-order valence-corrected chi connectivity index (χ3v) is 4.38. The average Bonchev–Trinajstić information content (AvgIpc) is 2.27. The molecule has 1 fully saturated rings.